The molecular weight excluding hydrogens is 250 g/mol. The minimum Gasteiger partial charge on any atom is -0.303 e. The van der Waals surface area contributed by atoms with Crippen molar-refractivity contribution in [3.63, 3.8) is 0 Å². The Hall–Kier alpha value is -2.02. The molecule has 0 unspecified atom stereocenters. The highest BCUT2D eigenvalue weighted by Crippen LogP contribution is 2.27. The molecule has 3 aromatic rings. The Kier molecular flexibility index (Phi) is 2.48. The number of hydrogen-bond donors (Lipinski definition) is 2. The molecule has 0 bridgehead atoms. The van der Waals surface area contributed by atoms with Crippen molar-refractivity contribution in [3.05, 3.63) is 27.1 Å². The van der Waals surface area contributed by atoms with Crippen LogP contribution in [0.2, 0.25) is 0 Å². The third-order valence-electron chi connectivity index (χ3n) is 2.86. The molecule has 6 nitrogen and oxygen atoms in total. The minimum atomic E-state index is -0.118. The first-order chi connectivity index (χ1) is 8.70. The van der Waals surface area contributed by atoms with Crippen LogP contribution in [0.1, 0.15) is 17.4 Å². The van der Waals surface area contributed by atoms with Gasteiger partial charge < -0.3 is 4.98 Å². The van der Waals surface area contributed by atoms with Crippen molar-refractivity contribution in [2.45, 2.75) is 20.3 Å². The van der Waals surface area contributed by atoms with Crippen LogP contribution in [0.15, 0.2) is 11.1 Å². The van der Waals surface area contributed by atoms with Crippen molar-refractivity contribution in [1.82, 2.24) is 25.1 Å². The van der Waals surface area contributed by atoms with E-state index in [0.717, 1.165) is 21.7 Å². The molecule has 0 fully saturated rings. The second kappa shape index (κ2) is 4.02. The summed E-state index contributed by atoms with van der Waals surface area (Å²) in [6, 6.07) is 0. The van der Waals surface area contributed by atoms with Crippen molar-refractivity contribution in [3.8, 4) is 11.6 Å². The van der Waals surface area contributed by atoms with E-state index in [1.165, 1.54) is 17.7 Å². The van der Waals surface area contributed by atoms with E-state index in [4.69, 9.17) is 0 Å². The fourth-order valence-electron chi connectivity index (χ4n) is 2.03. The molecular formula is C11H11N5OS. The lowest BCUT2D eigenvalue weighted by Gasteiger charge is -1.97. The average molecular weight is 261 g/mol. The summed E-state index contributed by atoms with van der Waals surface area (Å²) in [6.45, 7) is 4.05. The molecule has 0 spiro atoms. The molecule has 0 saturated heterocycles. The zero-order valence-electron chi connectivity index (χ0n) is 9.94. The molecule has 3 aromatic heterocycles. The predicted molar refractivity (Wildman–Crippen MR) is 69.7 cm³/mol. The molecule has 0 saturated carbocycles. The first kappa shape index (κ1) is 11.1. The van der Waals surface area contributed by atoms with E-state index in [-0.39, 0.29) is 5.56 Å². The molecule has 3 heterocycles. The summed E-state index contributed by atoms with van der Waals surface area (Å²) in [6.07, 6.45) is 2.22. The summed E-state index contributed by atoms with van der Waals surface area (Å²) in [5.74, 6) is 0.895. The maximum Gasteiger partial charge on any atom is 0.260 e. The third kappa shape index (κ3) is 1.55. The molecule has 0 aliphatic heterocycles. The SMILES string of the molecule is CCc1c(C)sc2nc(-c3ncn[nH]3)[nH]c(=O)c12. The van der Waals surface area contributed by atoms with Crippen molar-refractivity contribution in [2.24, 2.45) is 0 Å². The Bertz CT molecular complexity index is 756. The van der Waals surface area contributed by atoms with E-state index >= 15 is 0 Å². The number of nitrogens with zero attached hydrogens (tertiary/aromatic N) is 3. The summed E-state index contributed by atoms with van der Waals surface area (Å²) in [5, 5.41) is 7.14. The molecule has 7 heteroatoms. The standard InChI is InChI=1S/C11H11N5OS/c1-3-6-5(2)18-11-7(6)10(17)14-9(15-11)8-12-4-13-16-8/h4H,3H2,1-2H3,(H,12,13,16)(H,14,15,17). The van der Waals surface area contributed by atoms with Crippen molar-refractivity contribution in [2.75, 3.05) is 0 Å². The van der Waals surface area contributed by atoms with Gasteiger partial charge in [0.15, 0.2) is 11.6 Å². The predicted octanol–water partition coefficient (Wildman–Crippen LogP) is 1.64. The quantitative estimate of drug-likeness (QED) is 0.734. The molecule has 18 heavy (non-hydrogen) atoms. The minimum absolute atomic E-state index is 0.118. The van der Waals surface area contributed by atoms with Gasteiger partial charge in [0.1, 0.15) is 11.2 Å². The lowest BCUT2D eigenvalue weighted by atomic mass is 10.1. The van der Waals surface area contributed by atoms with Crippen LogP contribution < -0.4 is 5.56 Å². The van der Waals surface area contributed by atoms with E-state index in [1.807, 2.05) is 13.8 Å². The highest BCUT2D eigenvalue weighted by atomic mass is 32.1. The number of nitrogens with one attached hydrogen (secondary N) is 2. The van der Waals surface area contributed by atoms with E-state index < -0.39 is 0 Å². The number of thiophene rings is 1. The monoisotopic (exact) mass is 261 g/mol. The summed E-state index contributed by atoms with van der Waals surface area (Å²) in [5.41, 5.74) is 0.959. The molecule has 2 N–H and O–H groups in total. The molecule has 0 aromatic carbocycles. The van der Waals surface area contributed by atoms with Gasteiger partial charge in [0, 0.05) is 4.88 Å². The molecule has 92 valence electrons. The molecule has 0 amide bonds. The van der Waals surface area contributed by atoms with Crippen molar-refractivity contribution in [1.29, 1.82) is 0 Å². The summed E-state index contributed by atoms with van der Waals surface area (Å²) in [7, 11) is 0. The lowest BCUT2D eigenvalue weighted by Crippen LogP contribution is -2.10. The second-order valence-corrected chi connectivity index (χ2v) is 5.12. The van der Waals surface area contributed by atoms with E-state index in [2.05, 4.69) is 25.1 Å². The second-order valence-electron chi connectivity index (χ2n) is 3.92. The fraction of sp³-hybridized carbons (Fsp3) is 0.273. The van der Waals surface area contributed by atoms with Gasteiger partial charge in [-0.25, -0.2) is 9.97 Å². The van der Waals surface area contributed by atoms with Crippen LogP contribution in [-0.2, 0) is 6.42 Å². The summed E-state index contributed by atoms with van der Waals surface area (Å²) >= 11 is 1.54. The zero-order valence-corrected chi connectivity index (χ0v) is 10.8. The van der Waals surface area contributed by atoms with Gasteiger partial charge in [-0.2, -0.15) is 5.10 Å². The number of aromatic nitrogens is 5. The van der Waals surface area contributed by atoms with Gasteiger partial charge in [0.05, 0.1) is 5.39 Å². The Labute approximate surface area is 106 Å². The van der Waals surface area contributed by atoms with Crippen LogP contribution in [0, 0.1) is 6.92 Å². The molecule has 0 aliphatic carbocycles. The molecule has 3 rings (SSSR count). The van der Waals surface area contributed by atoms with Gasteiger partial charge in [-0.15, -0.1) is 11.3 Å². The smallest absolute Gasteiger partial charge is 0.260 e. The summed E-state index contributed by atoms with van der Waals surface area (Å²) < 4.78 is 0. The Morgan fingerprint density at radius 2 is 2.22 bits per heavy atom. The highest BCUT2D eigenvalue weighted by molar-refractivity contribution is 7.18. The first-order valence-corrected chi connectivity index (χ1v) is 6.40. The first-order valence-electron chi connectivity index (χ1n) is 5.58. The third-order valence-corrected chi connectivity index (χ3v) is 3.90. The zero-order chi connectivity index (χ0) is 12.7. The summed E-state index contributed by atoms with van der Waals surface area (Å²) in [4.78, 5) is 25.2. The van der Waals surface area contributed by atoms with E-state index in [1.54, 1.807) is 0 Å². The number of fused-ring (bicyclic) bond motifs is 1. The van der Waals surface area contributed by atoms with Crippen LogP contribution in [0.4, 0.5) is 0 Å². The Balaban J connectivity index is 2.33. The van der Waals surface area contributed by atoms with E-state index in [0.29, 0.717) is 17.0 Å². The Morgan fingerprint density at radius 3 is 2.89 bits per heavy atom. The number of aryl methyl sites for hydroxylation is 2. The number of hydrogen-bond acceptors (Lipinski definition) is 5. The van der Waals surface area contributed by atoms with Gasteiger partial charge >= 0.3 is 0 Å². The average Bonchev–Trinajstić information content (AvgIpc) is 2.95. The molecule has 0 aliphatic rings. The fourth-order valence-corrected chi connectivity index (χ4v) is 3.15. The van der Waals surface area contributed by atoms with Gasteiger partial charge in [-0.05, 0) is 18.9 Å². The number of H-pyrrole nitrogens is 2. The van der Waals surface area contributed by atoms with Crippen LogP contribution in [0.25, 0.3) is 21.9 Å². The van der Waals surface area contributed by atoms with Gasteiger partial charge in [0.2, 0.25) is 0 Å². The molecule has 0 radical (unpaired) electrons. The van der Waals surface area contributed by atoms with Crippen molar-refractivity contribution >= 4 is 21.6 Å². The lowest BCUT2D eigenvalue weighted by molar-refractivity contribution is 1.06. The molecule has 0 atom stereocenters. The van der Waals surface area contributed by atoms with Gasteiger partial charge in [-0.3, -0.25) is 9.89 Å². The topological polar surface area (TPSA) is 87.3 Å². The normalized spacial score (nSPS) is 11.2. The maximum atomic E-state index is 12.1. The number of aromatic amines is 2. The largest absolute Gasteiger partial charge is 0.303 e. The van der Waals surface area contributed by atoms with Crippen LogP contribution in [-0.4, -0.2) is 25.1 Å². The van der Waals surface area contributed by atoms with Crippen molar-refractivity contribution < 1.29 is 0 Å². The van der Waals surface area contributed by atoms with Gasteiger partial charge in [0.25, 0.3) is 5.56 Å². The number of rotatable bonds is 2. The maximum absolute atomic E-state index is 12.1. The Morgan fingerprint density at radius 1 is 1.39 bits per heavy atom. The van der Waals surface area contributed by atoms with E-state index in [9.17, 15) is 4.79 Å². The van der Waals surface area contributed by atoms with Crippen LogP contribution in [0.5, 0.6) is 0 Å². The van der Waals surface area contributed by atoms with Gasteiger partial charge in [-0.1, -0.05) is 6.92 Å². The highest BCUT2D eigenvalue weighted by Gasteiger charge is 2.15. The van der Waals surface area contributed by atoms with Crippen LogP contribution in [0.3, 0.4) is 0 Å². The van der Waals surface area contributed by atoms with Crippen LogP contribution >= 0.6 is 11.3 Å².